The quantitative estimate of drug-likeness (QED) is 0.751. The fourth-order valence-corrected chi connectivity index (χ4v) is 2.25. The van der Waals surface area contributed by atoms with Gasteiger partial charge in [-0.3, -0.25) is 10.1 Å². The van der Waals surface area contributed by atoms with Crippen molar-refractivity contribution in [1.82, 2.24) is 15.2 Å². The second-order valence-corrected chi connectivity index (χ2v) is 4.72. The number of aryl methyl sites for hydroxylation is 2. The molecule has 0 unspecified atom stereocenters. The molecule has 3 nitrogen and oxygen atoms in total. The normalized spacial score (nSPS) is 10.6. The minimum Gasteiger partial charge on any atom is -0.277 e. The smallest absolute Gasteiger partial charge is 0.0928 e. The Balaban J connectivity index is 2.02. The number of aromatic amines is 1. The molecule has 0 aliphatic rings. The van der Waals surface area contributed by atoms with E-state index in [1.807, 2.05) is 12.1 Å². The van der Waals surface area contributed by atoms with Gasteiger partial charge in [-0.25, -0.2) is 0 Å². The molecule has 0 amide bonds. The first-order valence-electron chi connectivity index (χ1n) is 6.27. The van der Waals surface area contributed by atoms with Crippen molar-refractivity contribution in [2.24, 2.45) is 0 Å². The van der Waals surface area contributed by atoms with Crippen LogP contribution in [0.3, 0.4) is 0 Å². The average molecular weight is 249 g/mol. The van der Waals surface area contributed by atoms with Gasteiger partial charge in [-0.05, 0) is 37.6 Å². The Morgan fingerprint density at radius 3 is 2.47 bits per heavy atom. The van der Waals surface area contributed by atoms with Gasteiger partial charge >= 0.3 is 0 Å². The Kier molecular flexibility index (Phi) is 2.88. The summed E-state index contributed by atoms with van der Waals surface area (Å²) in [5.41, 5.74) is 6.78. The molecule has 1 N–H and O–H groups in total. The van der Waals surface area contributed by atoms with Crippen LogP contribution in [0.15, 0.2) is 48.8 Å². The molecule has 3 aromatic rings. The molecule has 2 aromatic heterocycles. The zero-order valence-corrected chi connectivity index (χ0v) is 11.0. The fourth-order valence-electron chi connectivity index (χ4n) is 2.25. The molecule has 2 heterocycles. The van der Waals surface area contributed by atoms with E-state index in [9.17, 15) is 0 Å². The summed E-state index contributed by atoms with van der Waals surface area (Å²) < 4.78 is 0. The van der Waals surface area contributed by atoms with Gasteiger partial charge in [0.2, 0.25) is 0 Å². The molecular formula is C16H15N3. The second kappa shape index (κ2) is 4.69. The predicted molar refractivity (Wildman–Crippen MR) is 76.7 cm³/mol. The van der Waals surface area contributed by atoms with Crippen LogP contribution in [0.4, 0.5) is 0 Å². The van der Waals surface area contributed by atoms with Crippen molar-refractivity contribution in [3.05, 3.63) is 59.9 Å². The van der Waals surface area contributed by atoms with Crippen LogP contribution in [0.1, 0.15) is 11.1 Å². The van der Waals surface area contributed by atoms with E-state index < -0.39 is 0 Å². The van der Waals surface area contributed by atoms with Gasteiger partial charge in [0.1, 0.15) is 0 Å². The van der Waals surface area contributed by atoms with Gasteiger partial charge in [-0.15, -0.1) is 0 Å². The lowest BCUT2D eigenvalue weighted by molar-refractivity contribution is 1.10. The van der Waals surface area contributed by atoms with Gasteiger partial charge in [0.05, 0.1) is 11.4 Å². The number of pyridine rings is 1. The largest absolute Gasteiger partial charge is 0.277 e. The van der Waals surface area contributed by atoms with E-state index in [2.05, 4.69) is 53.3 Å². The lowest BCUT2D eigenvalue weighted by Crippen LogP contribution is -1.84. The van der Waals surface area contributed by atoms with E-state index in [-0.39, 0.29) is 0 Å². The van der Waals surface area contributed by atoms with Crippen LogP contribution in [0, 0.1) is 13.8 Å². The van der Waals surface area contributed by atoms with Crippen molar-refractivity contribution in [2.75, 3.05) is 0 Å². The number of benzene rings is 1. The van der Waals surface area contributed by atoms with Gasteiger partial charge in [-0.2, -0.15) is 5.10 Å². The van der Waals surface area contributed by atoms with Crippen LogP contribution in [-0.4, -0.2) is 15.2 Å². The molecule has 0 fully saturated rings. The third kappa shape index (κ3) is 2.27. The van der Waals surface area contributed by atoms with Crippen LogP contribution >= 0.6 is 0 Å². The first-order valence-corrected chi connectivity index (χ1v) is 6.27. The van der Waals surface area contributed by atoms with Crippen LogP contribution in [0.5, 0.6) is 0 Å². The Labute approximate surface area is 112 Å². The zero-order valence-electron chi connectivity index (χ0n) is 11.0. The van der Waals surface area contributed by atoms with Crippen molar-refractivity contribution in [2.45, 2.75) is 13.8 Å². The molecule has 0 radical (unpaired) electrons. The molecule has 94 valence electrons. The lowest BCUT2D eigenvalue weighted by Gasteiger charge is -2.03. The van der Waals surface area contributed by atoms with Crippen LogP contribution in [0.2, 0.25) is 0 Å². The first kappa shape index (κ1) is 11.7. The van der Waals surface area contributed by atoms with E-state index in [0.717, 1.165) is 17.0 Å². The molecule has 3 heteroatoms. The Morgan fingerprint density at radius 1 is 0.947 bits per heavy atom. The van der Waals surface area contributed by atoms with E-state index >= 15 is 0 Å². The molecule has 0 saturated carbocycles. The third-order valence-electron chi connectivity index (χ3n) is 3.23. The summed E-state index contributed by atoms with van der Waals surface area (Å²) in [7, 11) is 0. The molecular weight excluding hydrogens is 234 g/mol. The Morgan fingerprint density at radius 2 is 1.74 bits per heavy atom. The molecule has 3 rings (SSSR count). The molecule has 0 bridgehead atoms. The van der Waals surface area contributed by atoms with Gasteiger partial charge in [0.25, 0.3) is 0 Å². The van der Waals surface area contributed by atoms with E-state index in [1.165, 1.54) is 16.7 Å². The van der Waals surface area contributed by atoms with Crippen molar-refractivity contribution in [3.8, 4) is 22.5 Å². The van der Waals surface area contributed by atoms with E-state index in [0.29, 0.717) is 0 Å². The number of nitrogens with one attached hydrogen (secondary N) is 1. The standard InChI is InChI=1S/C16H15N3/c1-11-3-4-14(12(2)9-11)16-10-15(18-19-16)13-5-7-17-8-6-13/h3-10H,1-2H3,(H,18,19). The molecule has 1 aromatic carbocycles. The van der Waals surface area contributed by atoms with Crippen LogP contribution < -0.4 is 0 Å². The maximum Gasteiger partial charge on any atom is 0.0928 e. The van der Waals surface area contributed by atoms with Crippen molar-refractivity contribution in [3.63, 3.8) is 0 Å². The van der Waals surface area contributed by atoms with Gasteiger partial charge in [-0.1, -0.05) is 23.8 Å². The topological polar surface area (TPSA) is 41.6 Å². The number of nitrogens with zero attached hydrogens (tertiary/aromatic N) is 2. The summed E-state index contributed by atoms with van der Waals surface area (Å²) >= 11 is 0. The van der Waals surface area contributed by atoms with E-state index in [4.69, 9.17) is 0 Å². The minimum absolute atomic E-state index is 0.942. The predicted octanol–water partition coefficient (Wildman–Crippen LogP) is 3.76. The van der Waals surface area contributed by atoms with Crippen molar-refractivity contribution in [1.29, 1.82) is 0 Å². The Hall–Kier alpha value is -2.42. The number of rotatable bonds is 2. The molecule has 0 aliphatic heterocycles. The molecule has 0 spiro atoms. The van der Waals surface area contributed by atoms with Gasteiger partial charge in [0.15, 0.2) is 0 Å². The maximum atomic E-state index is 4.37. The number of H-pyrrole nitrogens is 1. The highest BCUT2D eigenvalue weighted by atomic mass is 15.1. The highest BCUT2D eigenvalue weighted by Gasteiger charge is 2.07. The summed E-state index contributed by atoms with van der Waals surface area (Å²) in [6.07, 6.45) is 3.56. The third-order valence-corrected chi connectivity index (χ3v) is 3.23. The molecule has 0 saturated heterocycles. The molecule has 19 heavy (non-hydrogen) atoms. The SMILES string of the molecule is Cc1ccc(-c2cc(-c3ccncc3)n[nH]2)c(C)c1. The highest BCUT2D eigenvalue weighted by Crippen LogP contribution is 2.26. The molecule has 0 atom stereocenters. The van der Waals surface area contributed by atoms with Crippen LogP contribution in [-0.2, 0) is 0 Å². The van der Waals surface area contributed by atoms with Gasteiger partial charge < -0.3 is 0 Å². The lowest BCUT2D eigenvalue weighted by atomic mass is 10.0. The fraction of sp³-hybridized carbons (Fsp3) is 0.125. The monoisotopic (exact) mass is 249 g/mol. The summed E-state index contributed by atoms with van der Waals surface area (Å²) in [6, 6.07) is 12.4. The summed E-state index contributed by atoms with van der Waals surface area (Å²) in [4.78, 5) is 4.02. The Bertz CT molecular complexity index is 699. The minimum atomic E-state index is 0.942. The summed E-state index contributed by atoms with van der Waals surface area (Å²) in [5.74, 6) is 0. The van der Waals surface area contributed by atoms with Gasteiger partial charge in [0, 0.05) is 23.5 Å². The van der Waals surface area contributed by atoms with Crippen molar-refractivity contribution < 1.29 is 0 Å². The maximum absolute atomic E-state index is 4.37. The number of hydrogen-bond donors (Lipinski definition) is 1. The summed E-state index contributed by atoms with van der Waals surface area (Å²) in [5, 5.41) is 7.48. The van der Waals surface area contributed by atoms with Crippen molar-refractivity contribution >= 4 is 0 Å². The second-order valence-electron chi connectivity index (χ2n) is 4.72. The van der Waals surface area contributed by atoms with Crippen LogP contribution in [0.25, 0.3) is 22.5 Å². The first-order chi connectivity index (χ1) is 9.24. The number of aromatic nitrogens is 3. The summed E-state index contributed by atoms with van der Waals surface area (Å²) in [6.45, 7) is 4.22. The number of hydrogen-bond acceptors (Lipinski definition) is 2. The zero-order chi connectivity index (χ0) is 13.2. The molecule has 0 aliphatic carbocycles. The highest BCUT2D eigenvalue weighted by molar-refractivity contribution is 5.70. The average Bonchev–Trinajstić information content (AvgIpc) is 2.89. The van der Waals surface area contributed by atoms with E-state index in [1.54, 1.807) is 12.4 Å².